The van der Waals surface area contributed by atoms with Gasteiger partial charge in [-0.1, -0.05) is 6.92 Å². The van der Waals surface area contributed by atoms with Crippen LogP contribution in [0.5, 0.6) is 0 Å². The standard InChI is InChI=1S/C18H20FN5O/c1-2-16-20-5-7-24(16)13-4-3-6-23(10-13)18(25)14-8-12(19)9-15-17(14)22-11-21-15/h5,7-9,11,13H,2-4,6,10H2,1H3,(H,21,22)/t13-/m0/s1. The summed E-state index contributed by atoms with van der Waals surface area (Å²) < 4.78 is 16.0. The van der Waals surface area contributed by atoms with E-state index in [1.54, 1.807) is 11.1 Å². The molecule has 0 saturated carbocycles. The molecular weight excluding hydrogens is 321 g/mol. The van der Waals surface area contributed by atoms with Crippen LogP contribution in [0.3, 0.4) is 0 Å². The van der Waals surface area contributed by atoms with Gasteiger partial charge in [-0.3, -0.25) is 4.79 Å². The number of piperidine rings is 1. The summed E-state index contributed by atoms with van der Waals surface area (Å²) in [6, 6.07) is 2.85. The van der Waals surface area contributed by atoms with Crippen LogP contribution < -0.4 is 0 Å². The van der Waals surface area contributed by atoms with Gasteiger partial charge in [0.15, 0.2) is 0 Å². The Hall–Kier alpha value is -2.70. The Morgan fingerprint density at radius 1 is 1.40 bits per heavy atom. The molecule has 1 amide bonds. The van der Waals surface area contributed by atoms with E-state index in [1.165, 1.54) is 18.5 Å². The van der Waals surface area contributed by atoms with Crippen molar-refractivity contribution in [1.82, 2.24) is 24.4 Å². The van der Waals surface area contributed by atoms with Crippen LogP contribution in [0.4, 0.5) is 4.39 Å². The van der Waals surface area contributed by atoms with E-state index in [9.17, 15) is 9.18 Å². The fourth-order valence-corrected chi connectivity index (χ4v) is 3.66. The molecule has 130 valence electrons. The maximum absolute atomic E-state index is 13.9. The molecule has 0 radical (unpaired) electrons. The Labute approximate surface area is 144 Å². The van der Waals surface area contributed by atoms with Gasteiger partial charge in [0.05, 0.1) is 23.4 Å². The lowest BCUT2D eigenvalue weighted by Gasteiger charge is -2.34. The molecule has 25 heavy (non-hydrogen) atoms. The molecule has 1 fully saturated rings. The number of aromatic amines is 1. The van der Waals surface area contributed by atoms with Crippen molar-refractivity contribution in [3.05, 3.63) is 48.1 Å². The predicted molar refractivity (Wildman–Crippen MR) is 91.8 cm³/mol. The van der Waals surface area contributed by atoms with Crippen molar-refractivity contribution in [3.8, 4) is 0 Å². The van der Waals surface area contributed by atoms with Gasteiger partial charge in [-0.05, 0) is 25.0 Å². The molecule has 1 aliphatic rings. The van der Waals surface area contributed by atoms with E-state index in [2.05, 4.69) is 26.4 Å². The molecule has 1 aromatic carbocycles. The number of hydrogen-bond donors (Lipinski definition) is 1. The first-order valence-electron chi connectivity index (χ1n) is 8.61. The van der Waals surface area contributed by atoms with Gasteiger partial charge in [0.25, 0.3) is 5.91 Å². The molecule has 1 N–H and O–H groups in total. The third-order valence-electron chi connectivity index (χ3n) is 4.86. The number of hydrogen-bond acceptors (Lipinski definition) is 3. The number of halogens is 1. The number of nitrogens with zero attached hydrogens (tertiary/aromatic N) is 4. The summed E-state index contributed by atoms with van der Waals surface area (Å²) in [4.78, 5) is 26.3. The predicted octanol–water partition coefficient (Wildman–Crippen LogP) is 2.94. The molecule has 7 heteroatoms. The van der Waals surface area contributed by atoms with Crippen molar-refractivity contribution in [2.24, 2.45) is 0 Å². The van der Waals surface area contributed by atoms with Crippen molar-refractivity contribution < 1.29 is 9.18 Å². The Balaban J connectivity index is 1.62. The highest BCUT2D eigenvalue weighted by atomic mass is 19.1. The number of carbonyl (C=O) groups is 1. The fourth-order valence-electron chi connectivity index (χ4n) is 3.66. The Morgan fingerprint density at radius 2 is 2.28 bits per heavy atom. The van der Waals surface area contributed by atoms with Crippen LogP contribution in [-0.4, -0.2) is 43.4 Å². The number of carbonyl (C=O) groups excluding carboxylic acids is 1. The SMILES string of the molecule is CCc1nccn1[C@H]1CCCN(C(=O)c2cc(F)cc3[nH]cnc23)C1. The highest BCUT2D eigenvalue weighted by Crippen LogP contribution is 2.26. The lowest BCUT2D eigenvalue weighted by atomic mass is 10.0. The first kappa shape index (κ1) is 15.8. The minimum Gasteiger partial charge on any atom is -0.344 e. The third-order valence-corrected chi connectivity index (χ3v) is 4.86. The fraction of sp³-hybridized carbons (Fsp3) is 0.389. The van der Waals surface area contributed by atoms with E-state index in [4.69, 9.17) is 0 Å². The first-order valence-corrected chi connectivity index (χ1v) is 8.61. The molecule has 3 aromatic rings. The topological polar surface area (TPSA) is 66.8 Å². The lowest BCUT2D eigenvalue weighted by Crippen LogP contribution is -2.41. The second-order valence-electron chi connectivity index (χ2n) is 6.40. The minimum absolute atomic E-state index is 0.167. The molecular formula is C18H20FN5O. The van der Waals surface area contributed by atoms with Gasteiger partial charge in [0.1, 0.15) is 17.2 Å². The number of aryl methyl sites for hydroxylation is 1. The average Bonchev–Trinajstić information content (AvgIpc) is 3.29. The van der Waals surface area contributed by atoms with Crippen LogP contribution in [0.25, 0.3) is 11.0 Å². The number of fused-ring (bicyclic) bond motifs is 1. The zero-order valence-electron chi connectivity index (χ0n) is 14.1. The van der Waals surface area contributed by atoms with Gasteiger partial charge in [0, 0.05) is 31.9 Å². The summed E-state index contributed by atoms with van der Waals surface area (Å²) >= 11 is 0. The quantitative estimate of drug-likeness (QED) is 0.796. The van der Waals surface area contributed by atoms with Crippen molar-refractivity contribution in [2.45, 2.75) is 32.2 Å². The molecule has 4 rings (SSSR count). The molecule has 1 atom stereocenters. The van der Waals surface area contributed by atoms with Crippen molar-refractivity contribution in [2.75, 3.05) is 13.1 Å². The number of amides is 1. The van der Waals surface area contributed by atoms with Crippen molar-refractivity contribution in [3.63, 3.8) is 0 Å². The van der Waals surface area contributed by atoms with Crippen LogP contribution in [0.2, 0.25) is 0 Å². The Morgan fingerprint density at radius 3 is 3.12 bits per heavy atom. The van der Waals surface area contributed by atoms with Crippen molar-refractivity contribution in [1.29, 1.82) is 0 Å². The average molecular weight is 341 g/mol. The molecule has 0 bridgehead atoms. The number of benzene rings is 1. The highest BCUT2D eigenvalue weighted by Gasteiger charge is 2.28. The molecule has 3 heterocycles. The summed E-state index contributed by atoms with van der Waals surface area (Å²) in [5.74, 6) is 0.427. The first-order chi connectivity index (χ1) is 12.2. The summed E-state index contributed by atoms with van der Waals surface area (Å²) in [6.45, 7) is 3.35. The molecule has 0 aliphatic carbocycles. The van der Waals surface area contributed by atoms with E-state index in [-0.39, 0.29) is 11.9 Å². The van der Waals surface area contributed by atoms with Gasteiger partial charge >= 0.3 is 0 Å². The zero-order valence-corrected chi connectivity index (χ0v) is 14.1. The molecule has 6 nitrogen and oxygen atoms in total. The lowest BCUT2D eigenvalue weighted by molar-refractivity contribution is 0.0679. The second kappa shape index (κ2) is 6.31. The van der Waals surface area contributed by atoms with E-state index in [0.717, 1.165) is 25.1 Å². The monoisotopic (exact) mass is 341 g/mol. The zero-order chi connectivity index (χ0) is 17.4. The molecule has 1 saturated heterocycles. The summed E-state index contributed by atoms with van der Waals surface area (Å²) in [5.41, 5.74) is 1.38. The van der Waals surface area contributed by atoms with Crippen molar-refractivity contribution >= 4 is 16.9 Å². The van der Waals surface area contributed by atoms with Crippen LogP contribution >= 0.6 is 0 Å². The van der Waals surface area contributed by atoms with Gasteiger partial charge in [-0.2, -0.15) is 0 Å². The van der Waals surface area contributed by atoms with Crippen LogP contribution in [0, 0.1) is 5.82 Å². The van der Waals surface area contributed by atoms with Gasteiger partial charge in [0.2, 0.25) is 0 Å². The summed E-state index contributed by atoms with van der Waals surface area (Å²) in [6.07, 6.45) is 8.05. The molecule has 1 aliphatic heterocycles. The smallest absolute Gasteiger partial charge is 0.256 e. The van der Waals surface area contributed by atoms with Gasteiger partial charge in [-0.15, -0.1) is 0 Å². The number of likely N-dealkylation sites (tertiary alicyclic amines) is 1. The number of H-pyrrole nitrogens is 1. The van der Waals surface area contributed by atoms with Crippen LogP contribution in [-0.2, 0) is 6.42 Å². The van der Waals surface area contributed by atoms with Gasteiger partial charge < -0.3 is 14.5 Å². The van der Waals surface area contributed by atoms with E-state index in [1.807, 2.05) is 6.20 Å². The van der Waals surface area contributed by atoms with Gasteiger partial charge in [-0.25, -0.2) is 14.4 Å². The number of rotatable bonds is 3. The van der Waals surface area contributed by atoms with Crippen LogP contribution in [0.1, 0.15) is 42.0 Å². The maximum atomic E-state index is 13.9. The normalized spacial score (nSPS) is 18.0. The number of aromatic nitrogens is 4. The Kier molecular flexibility index (Phi) is 3.99. The molecule has 0 spiro atoms. The minimum atomic E-state index is -0.434. The molecule has 0 unspecified atom stereocenters. The highest BCUT2D eigenvalue weighted by molar-refractivity contribution is 6.04. The maximum Gasteiger partial charge on any atom is 0.256 e. The van der Waals surface area contributed by atoms with E-state index >= 15 is 0 Å². The number of imidazole rings is 2. The largest absolute Gasteiger partial charge is 0.344 e. The summed E-state index contributed by atoms with van der Waals surface area (Å²) in [7, 11) is 0. The summed E-state index contributed by atoms with van der Waals surface area (Å²) in [5, 5.41) is 0. The van der Waals surface area contributed by atoms with Crippen LogP contribution in [0.15, 0.2) is 30.9 Å². The Bertz CT molecular complexity index is 915. The second-order valence-corrected chi connectivity index (χ2v) is 6.40. The third kappa shape index (κ3) is 2.79. The molecule has 2 aromatic heterocycles. The van der Waals surface area contributed by atoms with E-state index in [0.29, 0.717) is 29.7 Å². The number of nitrogens with one attached hydrogen (secondary N) is 1. The van der Waals surface area contributed by atoms with E-state index < -0.39 is 5.82 Å².